The van der Waals surface area contributed by atoms with Gasteiger partial charge in [0.15, 0.2) is 5.78 Å². The Morgan fingerprint density at radius 1 is 1.22 bits per heavy atom. The van der Waals surface area contributed by atoms with Crippen LogP contribution in [0.15, 0.2) is 24.3 Å². The molecule has 1 aliphatic carbocycles. The van der Waals surface area contributed by atoms with Crippen LogP contribution in [0.25, 0.3) is 0 Å². The number of ketones is 1. The number of ether oxygens (including phenoxy) is 1. The molecule has 0 bridgehead atoms. The highest BCUT2D eigenvalue weighted by molar-refractivity contribution is 6.05. The fourth-order valence-electron chi connectivity index (χ4n) is 3.53. The van der Waals surface area contributed by atoms with Crippen LogP contribution in [0.2, 0.25) is 0 Å². The topological polar surface area (TPSA) is 91.5 Å². The monoisotopic (exact) mass is 451 g/mol. The molecule has 1 aromatic heterocycles. The van der Waals surface area contributed by atoms with Gasteiger partial charge in [-0.1, -0.05) is 6.07 Å². The van der Waals surface area contributed by atoms with Crippen LogP contribution in [-0.4, -0.2) is 46.9 Å². The van der Waals surface area contributed by atoms with E-state index in [2.05, 4.69) is 10.3 Å². The Hall–Kier alpha value is -3.30. The summed E-state index contributed by atoms with van der Waals surface area (Å²) < 4.78 is 43.8. The second-order valence-corrected chi connectivity index (χ2v) is 7.64. The van der Waals surface area contributed by atoms with Gasteiger partial charge in [0.25, 0.3) is 0 Å². The number of alkyl halides is 3. The summed E-state index contributed by atoms with van der Waals surface area (Å²) in [5.74, 6) is -0.952. The minimum absolute atomic E-state index is 0.0125. The molecular weight excluding hydrogens is 427 g/mol. The highest BCUT2D eigenvalue weighted by atomic mass is 19.4. The zero-order valence-electron chi connectivity index (χ0n) is 17.9. The Balaban J connectivity index is 1.77. The van der Waals surface area contributed by atoms with Crippen molar-refractivity contribution in [2.75, 3.05) is 18.5 Å². The van der Waals surface area contributed by atoms with E-state index >= 15 is 0 Å². The van der Waals surface area contributed by atoms with E-state index in [4.69, 9.17) is 4.74 Å². The predicted octanol–water partition coefficient (Wildman–Crippen LogP) is 4.71. The molecule has 1 aromatic carbocycles. The molecule has 2 aromatic rings. The molecule has 1 heterocycles. The highest BCUT2D eigenvalue weighted by Crippen LogP contribution is 2.32. The second-order valence-electron chi connectivity index (χ2n) is 7.64. The first-order valence-electron chi connectivity index (χ1n) is 10.2. The number of aromatic amines is 1. The molecule has 0 spiro atoms. The molecule has 1 fully saturated rings. The number of halogens is 3. The Kier molecular flexibility index (Phi) is 6.61. The summed E-state index contributed by atoms with van der Waals surface area (Å²) in [6.45, 7) is 4.86. The number of esters is 1. The molecular formula is C22H24F3N3O4. The first kappa shape index (κ1) is 23.4. The van der Waals surface area contributed by atoms with Gasteiger partial charge in [0.05, 0.1) is 18.7 Å². The number of Topliss-reactive ketones (excluding diaryl/α,β-unsaturated/α-hetero) is 1. The summed E-state index contributed by atoms with van der Waals surface area (Å²) in [5, 5.41) is 2.45. The molecule has 32 heavy (non-hydrogen) atoms. The van der Waals surface area contributed by atoms with Gasteiger partial charge < -0.3 is 19.9 Å². The van der Waals surface area contributed by atoms with Crippen molar-refractivity contribution in [3.63, 3.8) is 0 Å². The maximum absolute atomic E-state index is 13.0. The molecule has 3 rings (SSSR count). The van der Waals surface area contributed by atoms with Crippen molar-refractivity contribution in [1.82, 2.24) is 9.88 Å². The van der Waals surface area contributed by atoms with Crippen LogP contribution in [0.4, 0.5) is 23.7 Å². The third kappa shape index (κ3) is 5.12. The molecule has 2 amide bonds. The molecule has 0 atom stereocenters. The van der Waals surface area contributed by atoms with Crippen molar-refractivity contribution in [3.05, 3.63) is 52.3 Å². The minimum Gasteiger partial charge on any atom is -0.461 e. The van der Waals surface area contributed by atoms with Crippen LogP contribution < -0.4 is 5.32 Å². The van der Waals surface area contributed by atoms with E-state index in [1.807, 2.05) is 0 Å². The number of H-pyrrole nitrogens is 1. The van der Waals surface area contributed by atoms with Crippen molar-refractivity contribution >= 4 is 23.5 Å². The molecule has 0 aliphatic heterocycles. The Bertz CT molecular complexity index is 1040. The Morgan fingerprint density at radius 3 is 2.50 bits per heavy atom. The lowest BCUT2D eigenvalue weighted by molar-refractivity contribution is -0.137. The van der Waals surface area contributed by atoms with Gasteiger partial charge in [-0.15, -0.1) is 0 Å². The van der Waals surface area contributed by atoms with Crippen LogP contribution >= 0.6 is 0 Å². The van der Waals surface area contributed by atoms with E-state index in [9.17, 15) is 27.6 Å². The first-order chi connectivity index (χ1) is 15.0. The molecule has 1 saturated carbocycles. The SMILES string of the molecule is CCOC(=O)c1[nH]c(C)c(C(=O)CN(C(=O)Nc2cccc(C(F)(F)F)c2)C2CC2)c1C. The number of benzene rings is 1. The lowest BCUT2D eigenvalue weighted by atomic mass is 10.1. The largest absolute Gasteiger partial charge is 0.461 e. The molecule has 7 nitrogen and oxygen atoms in total. The predicted molar refractivity (Wildman–Crippen MR) is 111 cm³/mol. The number of amides is 2. The van der Waals surface area contributed by atoms with Gasteiger partial charge in [0.2, 0.25) is 0 Å². The van der Waals surface area contributed by atoms with Crippen LogP contribution in [0, 0.1) is 13.8 Å². The summed E-state index contributed by atoms with van der Waals surface area (Å²) in [5.41, 5.74) is 0.491. The number of aromatic nitrogens is 1. The average molecular weight is 451 g/mol. The van der Waals surface area contributed by atoms with E-state index in [1.54, 1.807) is 20.8 Å². The number of carbonyl (C=O) groups excluding carboxylic acids is 3. The summed E-state index contributed by atoms with van der Waals surface area (Å²) in [4.78, 5) is 42.1. The number of urea groups is 1. The normalized spacial score (nSPS) is 13.6. The summed E-state index contributed by atoms with van der Waals surface area (Å²) in [7, 11) is 0. The van der Waals surface area contributed by atoms with Gasteiger partial charge in [-0.05, 0) is 57.4 Å². The summed E-state index contributed by atoms with van der Waals surface area (Å²) >= 11 is 0. The van der Waals surface area contributed by atoms with Gasteiger partial charge in [0, 0.05) is 23.0 Å². The van der Waals surface area contributed by atoms with Gasteiger partial charge in [-0.2, -0.15) is 13.2 Å². The molecule has 0 unspecified atom stereocenters. The summed E-state index contributed by atoms with van der Waals surface area (Å²) in [6, 6.07) is 3.49. The number of rotatable bonds is 7. The van der Waals surface area contributed by atoms with E-state index in [0.29, 0.717) is 29.7 Å². The smallest absolute Gasteiger partial charge is 0.416 e. The van der Waals surface area contributed by atoms with Crippen LogP contribution in [0.5, 0.6) is 0 Å². The Morgan fingerprint density at radius 2 is 1.91 bits per heavy atom. The van der Waals surface area contributed by atoms with Crippen LogP contribution in [0.1, 0.15) is 57.4 Å². The third-order valence-corrected chi connectivity index (χ3v) is 5.20. The van der Waals surface area contributed by atoms with Gasteiger partial charge in [-0.25, -0.2) is 9.59 Å². The van der Waals surface area contributed by atoms with Gasteiger partial charge >= 0.3 is 18.2 Å². The van der Waals surface area contributed by atoms with E-state index in [1.165, 1.54) is 17.0 Å². The number of carbonyl (C=O) groups is 3. The van der Waals surface area contributed by atoms with E-state index in [0.717, 1.165) is 12.1 Å². The number of aryl methyl sites for hydroxylation is 1. The zero-order valence-corrected chi connectivity index (χ0v) is 17.9. The number of anilines is 1. The molecule has 1 aliphatic rings. The van der Waals surface area contributed by atoms with Crippen molar-refractivity contribution in [2.45, 2.75) is 45.8 Å². The van der Waals surface area contributed by atoms with Gasteiger partial charge in [-0.3, -0.25) is 4.79 Å². The fraction of sp³-hybridized carbons (Fsp3) is 0.409. The minimum atomic E-state index is -4.53. The van der Waals surface area contributed by atoms with E-state index < -0.39 is 23.7 Å². The van der Waals surface area contributed by atoms with Crippen molar-refractivity contribution < 1.29 is 32.3 Å². The zero-order chi connectivity index (χ0) is 23.6. The second kappa shape index (κ2) is 9.05. The standard InChI is InChI=1S/C22H24F3N3O4/c1-4-32-20(30)19-12(2)18(13(3)26-19)17(29)11-28(16-8-9-16)21(31)27-15-7-5-6-14(10-15)22(23,24)25/h5-7,10,16,26H,4,8-9,11H2,1-3H3,(H,27,31). The maximum Gasteiger partial charge on any atom is 0.416 e. The highest BCUT2D eigenvalue weighted by Gasteiger charge is 2.36. The number of nitrogens with one attached hydrogen (secondary N) is 2. The average Bonchev–Trinajstić information content (AvgIpc) is 3.50. The number of hydrogen-bond acceptors (Lipinski definition) is 4. The van der Waals surface area contributed by atoms with E-state index in [-0.39, 0.29) is 36.4 Å². The Labute approximate surface area is 182 Å². The van der Waals surface area contributed by atoms with Crippen molar-refractivity contribution in [2.24, 2.45) is 0 Å². The van der Waals surface area contributed by atoms with Crippen LogP contribution in [-0.2, 0) is 10.9 Å². The number of nitrogens with zero attached hydrogens (tertiary/aromatic N) is 1. The van der Waals surface area contributed by atoms with Gasteiger partial charge in [0.1, 0.15) is 5.69 Å². The first-order valence-corrected chi connectivity index (χ1v) is 10.2. The third-order valence-electron chi connectivity index (χ3n) is 5.20. The lowest BCUT2D eigenvalue weighted by Crippen LogP contribution is -2.40. The quantitative estimate of drug-likeness (QED) is 0.471. The molecule has 2 N–H and O–H groups in total. The molecule has 0 saturated heterocycles. The lowest BCUT2D eigenvalue weighted by Gasteiger charge is -2.22. The molecule has 0 radical (unpaired) electrons. The molecule has 10 heteroatoms. The summed E-state index contributed by atoms with van der Waals surface area (Å²) in [6.07, 6.45) is -3.14. The maximum atomic E-state index is 13.0. The van der Waals surface area contributed by atoms with Crippen LogP contribution in [0.3, 0.4) is 0 Å². The van der Waals surface area contributed by atoms with Crippen molar-refractivity contribution in [1.29, 1.82) is 0 Å². The molecule has 172 valence electrons. The fourth-order valence-corrected chi connectivity index (χ4v) is 3.53. The number of hydrogen-bond donors (Lipinski definition) is 2. The van der Waals surface area contributed by atoms with Crippen molar-refractivity contribution in [3.8, 4) is 0 Å².